The molecule has 1 atom stereocenters. The molecule has 0 spiro atoms. The van der Waals surface area contributed by atoms with Crippen molar-refractivity contribution >= 4 is 35.4 Å². The summed E-state index contributed by atoms with van der Waals surface area (Å²) in [6.07, 6.45) is 1.90. The van der Waals surface area contributed by atoms with E-state index in [0.29, 0.717) is 17.2 Å². The molecule has 0 bridgehead atoms. The van der Waals surface area contributed by atoms with Crippen LogP contribution in [0.3, 0.4) is 0 Å². The standard InChI is InChI=1S/C12H13NO3S2/c1-17-10-5-3-2-4-8(10)11(14)13-7-18-6-9(13)12(15)16/h2-5,9H,6-7H2,1H3,(H,15,16)/t9-/m0/s1. The highest BCUT2D eigenvalue weighted by atomic mass is 32.2. The number of carbonyl (C=O) groups is 2. The van der Waals surface area contributed by atoms with Crippen molar-refractivity contribution in [3.63, 3.8) is 0 Å². The summed E-state index contributed by atoms with van der Waals surface area (Å²) in [4.78, 5) is 25.8. The van der Waals surface area contributed by atoms with Crippen LogP contribution in [0.1, 0.15) is 10.4 Å². The second kappa shape index (κ2) is 5.67. The molecule has 96 valence electrons. The van der Waals surface area contributed by atoms with E-state index in [4.69, 9.17) is 5.11 Å². The predicted molar refractivity (Wildman–Crippen MR) is 73.1 cm³/mol. The first kappa shape index (κ1) is 13.3. The van der Waals surface area contributed by atoms with Gasteiger partial charge >= 0.3 is 5.97 Å². The molecule has 4 nitrogen and oxygen atoms in total. The maximum Gasteiger partial charge on any atom is 0.327 e. The van der Waals surface area contributed by atoms with Gasteiger partial charge in [0.1, 0.15) is 6.04 Å². The first-order valence-corrected chi connectivity index (χ1v) is 7.77. The highest BCUT2D eigenvalue weighted by Gasteiger charge is 2.35. The molecule has 1 aliphatic rings. The molecule has 0 aromatic heterocycles. The Balaban J connectivity index is 2.28. The lowest BCUT2D eigenvalue weighted by Crippen LogP contribution is -2.41. The van der Waals surface area contributed by atoms with Crippen LogP contribution in [-0.4, -0.2) is 45.8 Å². The van der Waals surface area contributed by atoms with Crippen LogP contribution in [0.15, 0.2) is 29.2 Å². The number of carboxylic acids is 1. The largest absolute Gasteiger partial charge is 0.480 e. The zero-order chi connectivity index (χ0) is 13.1. The summed E-state index contributed by atoms with van der Waals surface area (Å²) in [6, 6.07) is 6.58. The molecule has 2 rings (SSSR count). The van der Waals surface area contributed by atoms with E-state index in [1.807, 2.05) is 18.4 Å². The van der Waals surface area contributed by atoms with Gasteiger partial charge in [0.05, 0.1) is 11.4 Å². The fourth-order valence-corrected chi connectivity index (χ4v) is 3.56. The molecule has 0 aliphatic carbocycles. The van der Waals surface area contributed by atoms with Crippen LogP contribution in [-0.2, 0) is 4.79 Å². The van der Waals surface area contributed by atoms with Crippen LogP contribution in [0.2, 0.25) is 0 Å². The Bertz CT molecular complexity index is 478. The van der Waals surface area contributed by atoms with E-state index in [1.54, 1.807) is 12.1 Å². The van der Waals surface area contributed by atoms with Gasteiger partial charge in [0, 0.05) is 10.6 Å². The number of rotatable bonds is 3. The summed E-state index contributed by atoms with van der Waals surface area (Å²) in [5, 5.41) is 9.09. The normalized spacial score (nSPS) is 18.9. The number of thioether (sulfide) groups is 2. The van der Waals surface area contributed by atoms with Crippen molar-refractivity contribution < 1.29 is 14.7 Å². The molecule has 0 radical (unpaired) electrons. The summed E-state index contributed by atoms with van der Waals surface area (Å²) in [7, 11) is 0. The van der Waals surface area contributed by atoms with Crippen molar-refractivity contribution in [2.24, 2.45) is 0 Å². The Morgan fingerprint density at radius 2 is 2.17 bits per heavy atom. The maximum absolute atomic E-state index is 12.4. The third kappa shape index (κ3) is 2.49. The van der Waals surface area contributed by atoms with Crippen LogP contribution in [0.5, 0.6) is 0 Å². The number of hydrogen-bond acceptors (Lipinski definition) is 4. The summed E-state index contributed by atoms with van der Waals surface area (Å²) in [6.45, 7) is 0. The third-order valence-corrected chi connectivity index (χ3v) is 4.57. The van der Waals surface area contributed by atoms with Crippen LogP contribution in [0, 0.1) is 0 Å². The van der Waals surface area contributed by atoms with Crippen molar-refractivity contribution in [2.45, 2.75) is 10.9 Å². The average Bonchev–Trinajstić information content (AvgIpc) is 2.87. The van der Waals surface area contributed by atoms with Crippen molar-refractivity contribution in [1.29, 1.82) is 0 Å². The molecule has 1 fully saturated rings. The predicted octanol–water partition coefficient (Wildman–Crippen LogP) is 2.01. The molecule has 1 aromatic carbocycles. The quantitative estimate of drug-likeness (QED) is 0.860. The van der Waals surface area contributed by atoms with E-state index in [-0.39, 0.29) is 5.91 Å². The number of carboxylic acid groups (broad SMARTS) is 1. The van der Waals surface area contributed by atoms with Crippen LogP contribution in [0.4, 0.5) is 0 Å². The van der Waals surface area contributed by atoms with Gasteiger partial charge < -0.3 is 10.0 Å². The molecular formula is C12H13NO3S2. The minimum absolute atomic E-state index is 0.197. The number of nitrogens with zero attached hydrogens (tertiary/aromatic N) is 1. The van der Waals surface area contributed by atoms with Crippen LogP contribution < -0.4 is 0 Å². The van der Waals surface area contributed by atoms with Crippen molar-refractivity contribution in [2.75, 3.05) is 17.9 Å². The molecule has 1 saturated heterocycles. The van der Waals surface area contributed by atoms with Gasteiger partial charge in [0.2, 0.25) is 0 Å². The van der Waals surface area contributed by atoms with E-state index in [9.17, 15) is 9.59 Å². The number of hydrogen-bond donors (Lipinski definition) is 1. The smallest absolute Gasteiger partial charge is 0.327 e. The van der Waals surface area contributed by atoms with Gasteiger partial charge in [0.25, 0.3) is 5.91 Å². The monoisotopic (exact) mass is 283 g/mol. The zero-order valence-electron chi connectivity index (χ0n) is 9.83. The first-order chi connectivity index (χ1) is 8.65. The lowest BCUT2D eigenvalue weighted by molar-refractivity contribution is -0.140. The van der Waals surface area contributed by atoms with E-state index in [2.05, 4.69) is 0 Å². The minimum atomic E-state index is -0.935. The van der Waals surface area contributed by atoms with Crippen LogP contribution >= 0.6 is 23.5 Å². The van der Waals surface area contributed by atoms with E-state index in [0.717, 1.165) is 4.90 Å². The van der Waals surface area contributed by atoms with Gasteiger partial charge in [0.15, 0.2) is 0 Å². The Morgan fingerprint density at radius 3 is 2.83 bits per heavy atom. The molecule has 1 aliphatic heterocycles. The minimum Gasteiger partial charge on any atom is -0.480 e. The highest BCUT2D eigenvalue weighted by molar-refractivity contribution is 7.99. The molecule has 1 heterocycles. The molecule has 0 saturated carbocycles. The Labute approximate surface area is 114 Å². The molecule has 1 N–H and O–H groups in total. The first-order valence-electron chi connectivity index (χ1n) is 5.39. The summed E-state index contributed by atoms with van der Waals surface area (Å²) in [5.74, 6) is -0.228. The van der Waals surface area contributed by atoms with Gasteiger partial charge in [-0.05, 0) is 18.4 Å². The number of carbonyl (C=O) groups excluding carboxylic acids is 1. The molecule has 1 amide bonds. The molecule has 6 heteroatoms. The lowest BCUT2D eigenvalue weighted by atomic mass is 10.2. The SMILES string of the molecule is CSc1ccccc1C(=O)N1CSC[C@H]1C(=O)O. The molecule has 18 heavy (non-hydrogen) atoms. The van der Waals surface area contributed by atoms with Gasteiger partial charge in [-0.15, -0.1) is 23.5 Å². The highest BCUT2D eigenvalue weighted by Crippen LogP contribution is 2.27. The molecule has 0 unspecified atom stereocenters. The summed E-state index contributed by atoms with van der Waals surface area (Å²) >= 11 is 2.96. The lowest BCUT2D eigenvalue weighted by Gasteiger charge is -2.21. The molecular weight excluding hydrogens is 270 g/mol. The maximum atomic E-state index is 12.4. The van der Waals surface area contributed by atoms with Crippen LogP contribution in [0.25, 0.3) is 0 Å². The van der Waals surface area contributed by atoms with Gasteiger partial charge in [-0.3, -0.25) is 4.79 Å². The fraction of sp³-hybridized carbons (Fsp3) is 0.333. The Morgan fingerprint density at radius 1 is 1.44 bits per heavy atom. The number of amides is 1. The summed E-state index contributed by atoms with van der Waals surface area (Å²) in [5.41, 5.74) is 0.582. The van der Waals surface area contributed by atoms with E-state index >= 15 is 0 Å². The van der Waals surface area contributed by atoms with Gasteiger partial charge in [-0.2, -0.15) is 0 Å². The van der Waals surface area contributed by atoms with E-state index < -0.39 is 12.0 Å². The summed E-state index contributed by atoms with van der Waals surface area (Å²) < 4.78 is 0. The number of benzene rings is 1. The van der Waals surface area contributed by atoms with E-state index in [1.165, 1.54) is 28.4 Å². The zero-order valence-corrected chi connectivity index (χ0v) is 11.5. The molecule has 1 aromatic rings. The topological polar surface area (TPSA) is 57.6 Å². The Hall–Kier alpha value is -1.14. The third-order valence-electron chi connectivity index (χ3n) is 2.77. The second-order valence-corrected chi connectivity index (χ2v) is 5.68. The number of aliphatic carboxylic acids is 1. The van der Waals surface area contributed by atoms with Crippen molar-refractivity contribution in [1.82, 2.24) is 4.90 Å². The second-order valence-electron chi connectivity index (χ2n) is 3.83. The van der Waals surface area contributed by atoms with Crippen molar-refractivity contribution in [3.05, 3.63) is 29.8 Å². The van der Waals surface area contributed by atoms with Gasteiger partial charge in [-0.25, -0.2) is 4.79 Å². The Kier molecular flexibility index (Phi) is 4.19. The van der Waals surface area contributed by atoms with Gasteiger partial charge in [-0.1, -0.05) is 12.1 Å². The average molecular weight is 283 g/mol. The van der Waals surface area contributed by atoms with Crippen molar-refractivity contribution in [3.8, 4) is 0 Å². The fourth-order valence-electron chi connectivity index (χ4n) is 1.82.